The van der Waals surface area contributed by atoms with Crippen molar-refractivity contribution in [2.24, 2.45) is 50.7 Å². The minimum atomic E-state index is -1.75. The standard InChI is InChI=1S/C47H76O18/c1-21-10-15-47(41(58)65-40-34(56)32(54)30(52)25(19-49)62-40)17-16-44(5)22(37(47)46(21,7)59)8-9-27-43(4)13-12-28(42(2,3)26(43)11-14-45(27,44)6)63-38-35(57)36(23(50)20-60-38)64-39-33(55)31(53)29(51)24(18-48)61-39/h8,21,23-40,48-57,59H,9-20H2,1-7H3/t21-,23+,24-,25-,26-,27-,28+,29-,30-,31+,32+,33-,34-,35-,36+,37+,38-,39+,40+,43+,44-,45-,46-,47+/m1/s1. The number of hydrogen-bond acceptors (Lipinski definition) is 18. The van der Waals surface area contributed by atoms with Crippen molar-refractivity contribution in [2.45, 2.75) is 204 Å². The minimum absolute atomic E-state index is 0.150. The molecule has 0 aromatic rings. The van der Waals surface area contributed by atoms with E-state index in [0.717, 1.165) is 24.8 Å². The number of esters is 1. The van der Waals surface area contributed by atoms with Gasteiger partial charge in [-0.25, -0.2) is 0 Å². The molecule has 4 saturated carbocycles. The van der Waals surface area contributed by atoms with Gasteiger partial charge >= 0.3 is 5.97 Å². The third kappa shape index (κ3) is 7.53. The molecule has 3 saturated heterocycles. The fraction of sp³-hybridized carbons (Fsp3) is 0.936. The van der Waals surface area contributed by atoms with Crippen LogP contribution in [0.2, 0.25) is 0 Å². The fourth-order valence-electron chi connectivity index (χ4n) is 15.0. The largest absolute Gasteiger partial charge is 0.432 e. The van der Waals surface area contributed by atoms with Gasteiger partial charge in [0.2, 0.25) is 6.29 Å². The van der Waals surface area contributed by atoms with Crippen molar-refractivity contribution in [3.8, 4) is 0 Å². The highest BCUT2D eigenvalue weighted by Crippen LogP contribution is 2.76. The summed E-state index contributed by atoms with van der Waals surface area (Å²) in [7, 11) is 0. The molecule has 0 radical (unpaired) electrons. The molecule has 8 aliphatic rings. The van der Waals surface area contributed by atoms with Crippen LogP contribution in [0.1, 0.15) is 106 Å². The minimum Gasteiger partial charge on any atom is -0.432 e. The maximum absolute atomic E-state index is 14.7. The first kappa shape index (κ1) is 50.0. The van der Waals surface area contributed by atoms with E-state index in [4.69, 9.17) is 28.4 Å². The number of allylic oxidation sites excluding steroid dienone is 1. The maximum atomic E-state index is 14.7. The van der Waals surface area contributed by atoms with Crippen molar-refractivity contribution in [1.29, 1.82) is 0 Å². The molecule has 0 unspecified atom stereocenters. The zero-order valence-corrected chi connectivity index (χ0v) is 38.8. The molecule has 11 N–H and O–H groups in total. The second-order valence-corrected chi connectivity index (χ2v) is 22.7. The zero-order valence-electron chi connectivity index (χ0n) is 38.8. The summed E-state index contributed by atoms with van der Waals surface area (Å²) in [5.41, 5.74) is -2.68. The smallest absolute Gasteiger partial charge is 0.315 e. The molecule has 8 rings (SSSR count). The highest BCUT2D eigenvalue weighted by molar-refractivity contribution is 5.79. The van der Waals surface area contributed by atoms with Crippen LogP contribution in [0.15, 0.2) is 11.6 Å². The second kappa shape index (κ2) is 17.5. The summed E-state index contributed by atoms with van der Waals surface area (Å²) in [4.78, 5) is 14.7. The van der Waals surface area contributed by atoms with E-state index in [1.54, 1.807) is 0 Å². The Labute approximate surface area is 380 Å². The molecule has 65 heavy (non-hydrogen) atoms. The Hall–Kier alpha value is -1.43. The van der Waals surface area contributed by atoms with Crippen molar-refractivity contribution in [3.63, 3.8) is 0 Å². The van der Waals surface area contributed by atoms with Crippen LogP contribution in [0.25, 0.3) is 0 Å². The van der Waals surface area contributed by atoms with Crippen LogP contribution in [-0.4, -0.2) is 180 Å². The molecule has 0 bridgehead atoms. The van der Waals surface area contributed by atoms with E-state index >= 15 is 0 Å². The summed E-state index contributed by atoms with van der Waals surface area (Å²) < 4.78 is 35.5. The monoisotopic (exact) mass is 929 g/mol. The number of rotatable bonds is 8. The predicted molar refractivity (Wildman–Crippen MR) is 226 cm³/mol. The van der Waals surface area contributed by atoms with Gasteiger partial charge in [0, 0.05) is 5.92 Å². The molecule has 3 heterocycles. The Morgan fingerprint density at radius 2 is 1.31 bits per heavy atom. The average molecular weight is 929 g/mol. The number of fused-ring (bicyclic) bond motifs is 7. The van der Waals surface area contributed by atoms with Crippen LogP contribution in [0, 0.1) is 50.7 Å². The third-order valence-corrected chi connectivity index (χ3v) is 19.3. The van der Waals surface area contributed by atoms with Gasteiger partial charge in [-0.05, 0) is 104 Å². The van der Waals surface area contributed by atoms with Crippen LogP contribution < -0.4 is 0 Å². The third-order valence-electron chi connectivity index (χ3n) is 19.3. The van der Waals surface area contributed by atoms with Crippen LogP contribution in [0.3, 0.4) is 0 Å². The van der Waals surface area contributed by atoms with E-state index in [0.29, 0.717) is 38.5 Å². The lowest BCUT2D eigenvalue weighted by Crippen LogP contribution is -2.68. The summed E-state index contributed by atoms with van der Waals surface area (Å²) >= 11 is 0. The molecule has 0 aromatic heterocycles. The SMILES string of the molecule is C[C@@H]1CC[C@]2(C(=O)O[C@@H]3O[C@H](CO)[C@@H](O)[C@H](O)[C@H]3O)CC[C@]3(C)C(=CC[C@@H]4[C@@]5(C)CC[C@H](O[C@H]6OC[C@H](O)[C@H](O[C@@H]7O[C@H](CO)[C@@H](O)[C@H](O)[C@H]7O)[C@H]6O)C(C)(C)[C@H]5CC[C@]43C)[C@H]2[C@]1(C)O. The van der Waals surface area contributed by atoms with Crippen LogP contribution >= 0.6 is 0 Å². The van der Waals surface area contributed by atoms with Gasteiger partial charge < -0.3 is 84.6 Å². The number of ether oxygens (including phenoxy) is 6. The summed E-state index contributed by atoms with van der Waals surface area (Å²) in [5, 5.41) is 117. The summed E-state index contributed by atoms with van der Waals surface area (Å²) in [6.45, 7) is 13.7. The Bertz CT molecular complexity index is 1770. The lowest BCUT2D eigenvalue weighted by molar-refractivity contribution is -0.357. The average Bonchev–Trinajstić information content (AvgIpc) is 3.25. The molecule has 372 valence electrons. The van der Waals surface area contributed by atoms with Gasteiger partial charge in [-0.2, -0.15) is 0 Å². The lowest BCUT2D eigenvalue weighted by atomic mass is 9.33. The number of carbonyl (C=O) groups is 1. The van der Waals surface area contributed by atoms with E-state index in [1.165, 1.54) is 0 Å². The van der Waals surface area contributed by atoms with Crippen LogP contribution in [-0.2, 0) is 33.2 Å². The molecule has 18 nitrogen and oxygen atoms in total. The quantitative estimate of drug-likeness (QED) is 0.0850. The Morgan fingerprint density at radius 3 is 1.94 bits per heavy atom. The number of aliphatic hydroxyl groups excluding tert-OH is 10. The van der Waals surface area contributed by atoms with Gasteiger partial charge in [0.05, 0.1) is 36.9 Å². The molecular weight excluding hydrogens is 852 g/mol. The molecule has 0 spiro atoms. The molecule has 7 fully saturated rings. The van der Waals surface area contributed by atoms with Gasteiger partial charge in [0.25, 0.3) is 0 Å². The summed E-state index contributed by atoms with van der Waals surface area (Å²) in [6.07, 6.45) is -13.4. The highest BCUT2D eigenvalue weighted by atomic mass is 16.7. The predicted octanol–water partition coefficient (Wildman–Crippen LogP) is -0.250. The molecule has 0 amide bonds. The van der Waals surface area contributed by atoms with E-state index in [2.05, 4.69) is 40.7 Å². The number of hydrogen-bond donors (Lipinski definition) is 11. The first-order valence-corrected chi connectivity index (χ1v) is 23.9. The van der Waals surface area contributed by atoms with E-state index in [9.17, 15) is 61.0 Å². The molecular formula is C47H76O18. The topological polar surface area (TPSA) is 295 Å². The first-order valence-electron chi connectivity index (χ1n) is 23.9. The van der Waals surface area contributed by atoms with Gasteiger partial charge in [0.1, 0.15) is 67.1 Å². The lowest BCUT2D eigenvalue weighted by Gasteiger charge is -2.72. The molecule has 18 heteroatoms. The van der Waals surface area contributed by atoms with E-state index in [-0.39, 0.29) is 41.3 Å². The summed E-state index contributed by atoms with van der Waals surface area (Å²) in [5.74, 6) is -1.02. The zero-order chi connectivity index (χ0) is 47.6. The molecule has 24 atom stereocenters. The van der Waals surface area contributed by atoms with Crippen molar-refractivity contribution >= 4 is 5.97 Å². The van der Waals surface area contributed by atoms with Gasteiger partial charge in [-0.3, -0.25) is 4.79 Å². The fourth-order valence-corrected chi connectivity index (χ4v) is 15.0. The van der Waals surface area contributed by atoms with Crippen LogP contribution in [0.5, 0.6) is 0 Å². The van der Waals surface area contributed by atoms with Crippen molar-refractivity contribution in [2.75, 3.05) is 19.8 Å². The van der Waals surface area contributed by atoms with E-state index in [1.807, 2.05) is 13.8 Å². The molecule has 3 aliphatic heterocycles. The Balaban J connectivity index is 1.02. The van der Waals surface area contributed by atoms with Crippen molar-refractivity contribution < 1.29 is 89.4 Å². The van der Waals surface area contributed by atoms with E-state index < -0.39 is 133 Å². The first-order chi connectivity index (χ1) is 30.3. The molecule has 0 aromatic carbocycles. The van der Waals surface area contributed by atoms with Gasteiger partial charge in [-0.15, -0.1) is 0 Å². The number of carbonyl (C=O) groups excluding carboxylic acids is 1. The van der Waals surface area contributed by atoms with Crippen molar-refractivity contribution in [1.82, 2.24) is 0 Å². The van der Waals surface area contributed by atoms with Gasteiger partial charge in [-0.1, -0.05) is 53.2 Å². The Kier molecular flexibility index (Phi) is 13.4. The highest BCUT2D eigenvalue weighted by Gasteiger charge is 2.72. The normalized spacial score (nSPS) is 55.4. The Morgan fingerprint density at radius 1 is 0.692 bits per heavy atom. The van der Waals surface area contributed by atoms with Gasteiger partial charge in [0.15, 0.2) is 12.6 Å². The van der Waals surface area contributed by atoms with Crippen LogP contribution in [0.4, 0.5) is 0 Å². The molecule has 5 aliphatic carbocycles. The number of aliphatic hydroxyl groups is 11. The maximum Gasteiger partial charge on any atom is 0.315 e. The summed E-state index contributed by atoms with van der Waals surface area (Å²) in [6, 6.07) is 0. The van der Waals surface area contributed by atoms with Crippen molar-refractivity contribution in [3.05, 3.63) is 11.6 Å². The second-order valence-electron chi connectivity index (χ2n) is 22.7.